The van der Waals surface area contributed by atoms with Crippen molar-refractivity contribution in [3.05, 3.63) is 23.9 Å². The zero-order valence-corrected chi connectivity index (χ0v) is 13.2. The summed E-state index contributed by atoms with van der Waals surface area (Å²) in [6, 6.07) is 4.03. The van der Waals surface area contributed by atoms with E-state index in [9.17, 15) is 4.79 Å². The van der Waals surface area contributed by atoms with Gasteiger partial charge in [-0.1, -0.05) is 0 Å². The fourth-order valence-corrected chi connectivity index (χ4v) is 3.41. The summed E-state index contributed by atoms with van der Waals surface area (Å²) in [7, 11) is 2.06. The van der Waals surface area contributed by atoms with Crippen molar-refractivity contribution >= 4 is 11.7 Å². The van der Waals surface area contributed by atoms with Gasteiger partial charge in [0.05, 0.1) is 6.04 Å². The predicted octanol–water partition coefficient (Wildman–Crippen LogP) is 0.402. The Morgan fingerprint density at radius 2 is 2.09 bits per heavy atom. The Hall–Kier alpha value is -1.66. The molecule has 2 N–H and O–H groups in total. The van der Waals surface area contributed by atoms with E-state index < -0.39 is 0 Å². The number of piperazine rings is 1. The number of likely N-dealkylation sites (tertiary alicyclic amines) is 1. The number of hydrogen-bond acceptors (Lipinski definition) is 5. The van der Waals surface area contributed by atoms with Crippen molar-refractivity contribution < 1.29 is 4.79 Å². The van der Waals surface area contributed by atoms with Gasteiger partial charge < -0.3 is 10.6 Å². The molecule has 2 aliphatic rings. The molecule has 2 aliphatic heterocycles. The molecule has 1 aromatic rings. The highest BCUT2D eigenvalue weighted by Gasteiger charge is 2.32. The van der Waals surface area contributed by atoms with Gasteiger partial charge in [0.25, 0.3) is 0 Å². The van der Waals surface area contributed by atoms with Gasteiger partial charge in [-0.05, 0) is 44.1 Å². The number of nitrogens with zero attached hydrogens (tertiary/aromatic N) is 4. The minimum absolute atomic E-state index is 0.103. The highest BCUT2D eigenvalue weighted by molar-refractivity contribution is 5.82. The lowest BCUT2D eigenvalue weighted by Gasteiger charge is -2.36. The summed E-state index contributed by atoms with van der Waals surface area (Å²) in [4.78, 5) is 23.2. The van der Waals surface area contributed by atoms with Crippen molar-refractivity contribution in [1.82, 2.24) is 19.7 Å². The van der Waals surface area contributed by atoms with E-state index in [4.69, 9.17) is 5.73 Å². The van der Waals surface area contributed by atoms with Gasteiger partial charge in [-0.3, -0.25) is 14.6 Å². The number of carbonyl (C=O) groups excluding carboxylic acids is 1. The summed E-state index contributed by atoms with van der Waals surface area (Å²) in [5.74, 6) is 0.878. The van der Waals surface area contributed by atoms with E-state index in [0.717, 1.165) is 52.1 Å². The van der Waals surface area contributed by atoms with E-state index in [1.165, 1.54) is 5.56 Å². The van der Waals surface area contributed by atoms with Gasteiger partial charge in [0, 0.05) is 38.9 Å². The molecular weight excluding hydrogens is 278 g/mol. The van der Waals surface area contributed by atoms with E-state index in [-0.39, 0.29) is 6.04 Å². The molecule has 0 bridgehead atoms. The summed E-state index contributed by atoms with van der Waals surface area (Å²) in [6.45, 7) is 5.40. The largest absolute Gasteiger partial charge is 0.384 e. The van der Waals surface area contributed by atoms with Crippen LogP contribution in [0.1, 0.15) is 18.4 Å². The van der Waals surface area contributed by atoms with Crippen LogP contribution in [0.2, 0.25) is 0 Å². The zero-order valence-electron chi connectivity index (χ0n) is 13.2. The van der Waals surface area contributed by atoms with Gasteiger partial charge in [0.1, 0.15) is 5.82 Å². The first-order valence-corrected chi connectivity index (χ1v) is 8.05. The molecule has 0 aromatic carbocycles. The second-order valence-corrected chi connectivity index (χ2v) is 6.33. The average Bonchev–Trinajstić information content (AvgIpc) is 2.93. The van der Waals surface area contributed by atoms with Crippen molar-refractivity contribution in [2.24, 2.45) is 0 Å². The fraction of sp³-hybridized carbons (Fsp3) is 0.625. The van der Waals surface area contributed by atoms with Crippen LogP contribution in [-0.2, 0) is 11.3 Å². The van der Waals surface area contributed by atoms with Gasteiger partial charge in [-0.15, -0.1) is 0 Å². The molecule has 1 amide bonds. The smallest absolute Gasteiger partial charge is 0.240 e. The highest BCUT2D eigenvalue weighted by Crippen LogP contribution is 2.18. The Bertz CT molecular complexity index is 527. The number of pyridine rings is 1. The first kappa shape index (κ1) is 15.2. The van der Waals surface area contributed by atoms with Crippen LogP contribution in [0.15, 0.2) is 18.3 Å². The van der Waals surface area contributed by atoms with Crippen LogP contribution in [-0.4, -0.2) is 71.4 Å². The van der Waals surface area contributed by atoms with Crippen LogP contribution in [0.25, 0.3) is 0 Å². The molecule has 3 heterocycles. The van der Waals surface area contributed by atoms with Crippen LogP contribution in [0.4, 0.5) is 5.82 Å². The van der Waals surface area contributed by atoms with Crippen LogP contribution in [0.3, 0.4) is 0 Å². The van der Waals surface area contributed by atoms with Crippen molar-refractivity contribution in [3.63, 3.8) is 0 Å². The number of anilines is 1. The Kier molecular flexibility index (Phi) is 4.59. The first-order chi connectivity index (χ1) is 10.6. The standard InChI is InChI=1S/C16H25N5O/c1-19-6-2-3-14(19)16(22)21-9-7-20(8-10-21)12-13-4-5-18-15(17)11-13/h4-5,11,14H,2-3,6-10,12H2,1H3,(H2,17,18)/t14-/m1/s1. The summed E-state index contributed by atoms with van der Waals surface area (Å²) in [5, 5.41) is 0. The van der Waals surface area contributed by atoms with Gasteiger partial charge in [-0.2, -0.15) is 0 Å². The maximum absolute atomic E-state index is 12.6. The molecule has 0 radical (unpaired) electrons. The first-order valence-electron chi connectivity index (χ1n) is 8.05. The molecule has 0 aliphatic carbocycles. The van der Waals surface area contributed by atoms with E-state index >= 15 is 0 Å². The van der Waals surface area contributed by atoms with E-state index in [2.05, 4.69) is 21.8 Å². The molecule has 6 nitrogen and oxygen atoms in total. The Morgan fingerprint density at radius 3 is 2.73 bits per heavy atom. The van der Waals surface area contributed by atoms with Gasteiger partial charge in [0.2, 0.25) is 5.91 Å². The highest BCUT2D eigenvalue weighted by atomic mass is 16.2. The van der Waals surface area contributed by atoms with Crippen molar-refractivity contribution in [1.29, 1.82) is 0 Å². The SMILES string of the molecule is CN1CCC[C@@H]1C(=O)N1CCN(Cc2ccnc(N)c2)CC1. The monoisotopic (exact) mass is 303 g/mol. The van der Waals surface area contributed by atoms with Crippen molar-refractivity contribution in [2.75, 3.05) is 45.5 Å². The van der Waals surface area contributed by atoms with Crippen LogP contribution < -0.4 is 5.73 Å². The summed E-state index contributed by atoms with van der Waals surface area (Å²) in [5.41, 5.74) is 6.90. The molecule has 3 rings (SSSR count). The summed E-state index contributed by atoms with van der Waals surface area (Å²) in [6.07, 6.45) is 3.89. The Labute approximate surface area is 131 Å². The molecule has 0 unspecified atom stereocenters. The number of carbonyl (C=O) groups is 1. The fourth-order valence-electron chi connectivity index (χ4n) is 3.41. The van der Waals surface area contributed by atoms with E-state index in [0.29, 0.717) is 11.7 Å². The molecule has 120 valence electrons. The Morgan fingerprint density at radius 1 is 1.32 bits per heavy atom. The minimum Gasteiger partial charge on any atom is -0.384 e. The topological polar surface area (TPSA) is 65.7 Å². The minimum atomic E-state index is 0.103. The normalized spacial score (nSPS) is 23.9. The van der Waals surface area contributed by atoms with Gasteiger partial charge in [-0.25, -0.2) is 4.98 Å². The maximum Gasteiger partial charge on any atom is 0.240 e. The number of nitrogens with two attached hydrogens (primary N) is 1. The number of amides is 1. The number of hydrogen-bond donors (Lipinski definition) is 1. The molecule has 22 heavy (non-hydrogen) atoms. The molecule has 0 spiro atoms. The van der Waals surface area contributed by atoms with Crippen LogP contribution >= 0.6 is 0 Å². The maximum atomic E-state index is 12.6. The number of rotatable bonds is 3. The lowest BCUT2D eigenvalue weighted by Crippen LogP contribution is -2.52. The second kappa shape index (κ2) is 6.62. The third-order valence-electron chi connectivity index (χ3n) is 4.74. The third kappa shape index (κ3) is 3.39. The quantitative estimate of drug-likeness (QED) is 0.876. The molecule has 1 aromatic heterocycles. The number of likely N-dealkylation sites (N-methyl/N-ethyl adjacent to an activating group) is 1. The zero-order chi connectivity index (χ0) is 15.5. The molecule has 2 saturated heterocycles. The van der Waals surface area contributed by atoms with Crippen molar-refractivity contribution in [2.45, 2.75) is 25.4 Å². The van der Waals surface area contributed by atoms with E-state index in [1.807, 2.05) is 17.0 Å². The lowest BCUT2D eigenvalue weighted by atomic mass is 10.1. The average molecular weight is 303 g/mol. The van der Waals surface area contributed by atoms with Crippen molar-refractivity contribution in [3.8, 4) is 0 Å². The molecule has 2 fully saturated rings. The van der Waals surface area contributed by atoms with Crippen LogP contribution in [0.5, 0.6) is 0 Å². The summed E-state index contributed by atoms with van der Waals surface area (Å²) >= 11 is 0. The molecular formula is C16H25N5O. The second-order valence-electron chi connectivity index (χ2n) is 6.33. The third-order valence-corrected chi connectivity index (χ3v) is 4.74. The van der Waals surface area contributed by atoms with Gasteiger partial charge in [0.15, 0.2) is 0 Å². The molecule has 6 heteroatoms. The van der Waals surface area contributed by atoms with Crippen LogP contribution in [0, 0.1) is 0 Å². The Balaban J connectivity index is 1.51. The number of aromatic nitrogens is 1. The predicted molar refractivity (Wildman–Crippen MR) is 86.2 cm³/mol. The molecule has 1 atom stereocenters. The molecule has 0 saturated carbocycles. The summed E-state index contributed by atoms with van der Waals surface area (Å²) < 4.78 is 0. The number of nitrogen functional groups attached to an aromatic ring is 1. The lowest BCUT2D eigenvalue weighted by molar-refractivity contribution is -0.137. The van der Waals surface area contributed by atoms with E-state index in [1.54, 1.807) is 6.20 Å². The van der Waals surface area contributed by atoms with Gasteiger partial charge >= 0.3 is 0 Å².